The smallest absolute Gasteiger partial charge is 0.328 e. The van der Waals surface area contributed by atoms with E-state index in [2.05, 4.69) is 4.98 Å². The van der Waals surface area contributed by atoms with Crippen molar-refractivity contribution >= 4 is 5.97 Å². The third-order valence-electron chi connectivity index (χ3n) is 3.30. The molecule has 1 N–H and O–H groups in total. The summed E-state index contributed by atoms with van der Waals surface area (Å²) in [5, 5.41) is 8.93. The lowest BCUT2D eigenvalue weighted by Crippen LogP contribution is -2.04. The normalized spacial score (nSPS) is 23.3. The molecule has 1 unspecified atom stereocenters. The maximum absolute atomic E-state index is 10.9. The van der Waals surface area contributed by atoms with Gasteiger partial charge in [0.15, 0.2) is 0 Å². The summed E-state index contributed by atoms with van der Waals surface area (Å²) in [5.74, 6) is -0.599. The number of allylic oxidation sites excluding steroid dienone is 1. The highest BCUT2D eigenvalue weighted by atomic mass is 16.4. The van der Waals surface area contributed by atoms with Gasteiger partial charge in [0, 0.05) is 24.4 Å². The summed E-state index contributed by atoms with van der Waals surface area (Å²) in [6.45, 7) is 0. The van der Waals surface area contributed by atoms with Crippen LogP contribution in [0, 0.1) is 0 Å². The lowest BCUT2D eigenvalue weighted by molar-refractivity contribution is -0.131. The minimum atomic E-state index is -0.837. The Balaban J connectivity index is 2.30. The summed E-state index contributed by atoms with van der Waals surface area (Å²) < 4.78 is 0. The number of carboxylic acids is 1. The first-order valence-electron chi connectivity index (χ1n) is 6.10. The van der Waals surface area contributed by atoms with Crippen LogP contribution in [0.25, 0.3) is 0 Å². The fraction of sp³-hybridized carbons (Fsp3) is 0.429. The van der Waals surface area contributed by atoms with E-state index in [0.717, 1.165) is 36.8 Å². The van der Waals surface area contributed by atoms with Gasteiger partial charge >= 0.3 is 5.97 Å². The molecule has 1 aromatic heterocycles. The molecule has 1 aromatic rings. The highest BCUT2D eigenvalue weighted by molar-refractivity contribution is 5.81. The monoisotopic (exact) mass is 231 g/mol. The summed E-state index contributed by atoms with van der Waals surface area (Å²) >= 11 is 0. The quantitative estimate of drug-likeness (QED) is 0.628. The van der Waals surface area contributed by atoms with Crippen LogP contribution in [-0.4, -0.2) is 16.1 Å². The molecule has 3 nitrogen and oxygen atoms in total. The molecule has 0 aromatic carbocycles. The summed E-state index contributed by atoms with van der Waals surface area (Å²) in [6.07, 6.45) is 10.4. The molecule has 1 aliphatic rings. The number of carbonyl (C=O) groups is 1. The highest BCUT2D eigenvalue weighted by Gasteiger charge is 2.20. The molecule has 1 heterocycles. The summed E-state index contributed by atoms with van der Waals surface area (Å²) in [4.78, 5) is 15.0. The van der Waals surface area contributed by atoms with Crippen LogP contribution in [0.2, 0.25) is 0 Å². The van der Waals surface area contributed by atoms with Crippen molar-refractivity contribution in [1.29, 1.82) is 0 Å². The second kappa shape index (κ2) is 5.62. The van der Waals surface area contributed by atoms with Gasteiger partial charge in [0.05, 0.1) is 0 Å². The molecule has 0 spiro atoms. The van der Waals surface area contributed by atoms with Crippen LogP contribution < -0.4 is 0 Å². The average molecular weight is 231 g/mol. The zero-order valence-electron chi connectivity index (χ0n) is 9.80. The van der Waals surface area contributed by atoms with E-state index < -0.39 is 5.97 Å². The molecular formula is C14H17NO2. The zero-order valence-corrected chi connectivity index (χ0v) is 9.80. The molecule has 90 valence electrons. The minimum Gasteiger partial charge on any atom is -0.478 e. The molecule has 17 heavy (non-hydrogen) atoms. The van der Waals surface area contributed by atoms with E-state index in [9.17, 15) is 4.79 Å². The predicted octanol–water partition coefficient (Wildman–Crippen LogP) is 3.14. The largest absolute Gasteiger partial charge is 0.478 e. The molecular weight excluding hydrogens is 214 g/mol. The molecule has 1 aliphatic carbocycles. The molecule has 3 heteroatoms. The van der Waals surface area contributed by atoms with E-state index in [4.69, 9.17) is 5.11 Å². The van der Waals surface area contributed by atoms with Gasteiger partial charge in [-0.15, -0.1) is 0 Å². The van der Waals surface area contributed by atoms with Crippen LogP contribution in [-0.2, 0) is 4.79 Å². The van der Waals surface area contributed by atoms with Crippen molar-refractivity contribution < 1.29 is 9.90 Å². The van der Waals surface area contributed by atoms with Crippen LogP contribution in [0.1, 0.15) is 43.6 Å². The number of carboxylic acid groups (broad SMARTS) is 1. The van der Waals surface area contributed by atoms with Gasteiger partial charge in [0.1, 0.15) is 0 Å². The maximum Gasteiger partial charge on any atom is 0.328 e. The number of rotatable bonds is 2. The van der Waals surface area contributed by atoms with Crippen molar-refractivity contribution in [2.24, 2.45) is 0 Å². The second-order valence-electron chi connectivity index (χ2n) is 4.50. The van der Waals surface area contributed by atoms with Crippen molar-refractivity contribution in [2.75, 3.05) is 0 Å². The zero-order chi connectivity index (χ0) is 12.1. The molecule has 1 saturated carbocycles. The predicted molar refractivity (Wildman–Crippen MR) is 65.8 cm³/mol. The number of hydrogen-bond donors (Lipinski definition) is 1. The summed E-state index contributed by atoms with van der Waals surface area (Å²) in [6, 6.07) is 3.96. The van der Waals surface area contributed by atoms with Gasteiger partial charge in [0.2, 0.25) is 0 Å². The molecule has 0 amide bonds. The Morgan fingerprint density at radius 1 is 1.41 bits per heavy atom. The van der Waals surface area contributed by atoms with Crippen molar-refractivity contribution in [3.05, 3.63) is 41.7 Å². The number of pyridine rings is 1. The molecule has 0 radical (unpaired) electrons. The van der Waals surface area contributed by atoms with Crippen molar-refractivity contribution in [1.82, 2.24) is 4.98 Å². The van der Waals surface area contributed by atoms with E-state index >= 15 is 0 Å². The van der Waals surface area contributed by atoms with Crippen LogP contribution in [0.5, 0.6) is 0 Å². The van der Waals surface area contributed by atoms with Crippen molar-refractivity contribution in [2.45, 2.75) is 38.0 Å². The molecule has 1 fully saturated rings. The molecule has 0 bridgehead atoms. The van der Waals surface area contributed by atoms with Gasteiger partial charge in [-0.2, -0.15) is 0 Å². The van der Waals surface area contributed by atoms with Gasteiger partial charge < -0.3 is 5.11 Å². The lowest BCUT2D eigenvalue weighted by Gasteiger charge is -2.17. The fourth-order valence-corrected chi connectivity index (χ4v) is 2.51. The Hall–Kier alpha value is -1.64. The van der Waals surface area contributed by atoms with Gasteiger partial charge in [-0.25, -0.2) is 4.79 Å². The Kier molecular flexibility index (Phi) is 3.91. The van der Waals surface area contributed by atoms with E-state index in [-0.39, 0.29) is 5.92 Å². The fourth-order valence-electron chi connectivity index (χ4n) is 2.51. The third kappa shape index (κ3) is 3.16. The van der Waals surface area contributed by atoms with E-state index in [1.807, 2.05) is 18.3 Å². The van der Waals surface area contributed by atoms with Gasteiger partial charge in [0.25, 0.3) is 0 Å². The standard InChI is InChI=1S/C14H17NO2/c16-14(17)9-11-5-2-1-3-7-13(11)12-6-4-8-15-10-12/h4,6,8-10,13H,1-3,5,7H2,(H,16,17)/b11-9+. The first kappa shape index (κ1) is 11.8. The van der Waals surface area contributed by atoms with Crippen LogP contribution in [0.15, 0.2) is 36.2 Å². The lowest BCUT2D eigenvalue weighted by atomic mass is 9.88. The highest BCUT2D eigenvalue weighted by Crippen LogP contribution is 2.35. The molecule has 0 aliphatic heterocycles. The first-order valence-corrected chi connectivity index (χ1v) is 6.10. The van der Waals surface area contributed by atoms with Gasteiger partial charge in [-0.05, 0) is 30.9 Å². The van der Waals surface area contributed by atoms with E-state index in [0.29, 0.717) is 0 Å². The van der Waals surface area contributed by atoms with Crippen LogP contribution in [0.4, 0.5) is 0 Å². The van der Waals surface area contributed by atoms with Crippen molar-refractivity contribution in [3.63, 3.8) is 0 Å². The number of aliphatic carboxylic acids is 1. The number of nitrogens with zero attached hydrogens (tertiary/aromatic N) is 1. The second-order valence-corrected chi connectivity index (χ2v) is 4.50. The molecule has 1 atom stereocenters. The Bertz CT molecular complexity index is 411. The summed E-state index contributed by atoms with van der Waals surface area (Å²) in [7, 11) is 0. The van der Waals surface area contributed by atoms with Crippen LogP contribution >= 0.6 is 0 Å². The van der Waals surface area contributed by atoms with E-state index in [1.165, 1.54) is 12.5 Å². The topological polar surface area (TPSA) is 50.2 Å². The first-order chi connectivity index (χ1) is 8.27. The minimum absolute atomic E-state index is 0.238. The van der Waals surface area contributed by atoms with Gasteiger partial charge in [-0.1, -0.05) is 24.5 Å². The average Bonchev–Trinajstić information content (AvgIpc) is 2.55. The summed E-state index contributed by atoms with van der Waals surface area (Å²) in [5.41, 5.74) is 2.19. The Labute approximate surface area is 101 Å². The van der Waals surface area contributed by atoms with E-state index in [1.54, 1.807) is 6.20 Å². The third-order valence-corrected chi connectivity index (χ3v) is 3.30. The van der Waals surface area contributed by atoms with Crippen LogP contribution in [0.3, 0.4) is 0 Å². The Morgan fingerprint density at radius 3 is 3.00 bits per heavy atom. The number of hydrogen-bond acceptors (Lipinski definition) is 2. The maximum atomic E-state index is 10.9. The van der Waals surface area contributed by atoms with Crippen molar-refractivity contribution in [3.8, 4) is 0 Å². The Morgan fingerprint density at radius 2 is 2.29 bits per heavy atom. The number of aromatic nitrogens is 1. The SMILES string of the molecule is O=C(O)/C=C1\CCCCCC1c1cccnc1. The van der Waals surface area contributed by atoms with Gasteiger partial charge in [-0.3, -0.25) is 4.98 Å². The molecule has 2 rings (SSSR count). The molecule has 0 saturated heterocycles.